The fourth-order valence-electron chi connectivity index (χ4n) is 3.02. The first-order chi connectivity index (χ1) is 15.7. The minimum absolute atomic E-state index is 0.139. The maximum absolute atomic E-state index is 14.8. The number of nitrogens with two attached hydrogens (primary N) is 1. The number of nitrogens with one attached hydrogen (secondary N) is 1. The number of halogens is 4. The average Bonchev–Trinajstić information content (AvgIpc) is 2.79. The van der Waals surface area contributed by atoms with Crippen LogP contribution in [0.2, 0.25) is 0 Å². The van der Waals surface area contributed by atoms with Gasteiger partial charge >= 0.3 is 6.18 Å². The first-order valence-electron chi connectivity index (χ1n) is 9.41. The van der Waals surface area contributed by atoms with Gasteiger partial charge < -0.3 is 5.73 Å². The SMILES string of the molecule is Nc1cnc(-c2ccc(-c3ccccc3S(=O)Nc3ccc(C(F)(F)F)nc3)cc2F)cn1. The Morgan fingerprint density at radius 3 is 2.30 bits per heavy atom. The molecule has 11 heteroatoms. The highest BCUT2D eigenvalue weighted by Crippen LogP contribution is 2.31. The highest BCUT2D eigenvalue weighted by atomic mass is 32.2. The summed E-state index contributed by atoms with van der Waals surface area (Å²) in [5, 5.41) is 0. The molecule has 0 fully saturated rings. The Hall–Kier alpha value is -3.86. The van der Waals surface area contributed by atoms with Gasteiger partial charge in [-0.1, -0.05) is 24.3 Å². The van der Waals surface area contributed by atoms with Crippen LogP contribution < -0.4 is 10.5 Å². The molecule has 3 N–H and O–H groups in total. The molecular weight excluding hydrogens is 458 g/mol. The first kappa shape index (κ1) is 22.3. The zero-order valence-electron chi connectivity index (χ0n) is 16.7. The lowest BCUT2D eigenvalue weighted by Gasteiger charge is -2.13. The Kier molecular flexibility index (Phi) is 6.05. The molecule has 1 atom stereocenters. The third-order valence-corrected chi connectivity index (χ3v) is 5.76. The van der Waals surface area contributed by atoms with Gasteiger partial charge in [0, 0.05) is 5.56 Å². The van der Waals surface area contributed by atoms with Gasteiger partial charge in [-0.3, -0.25) is 9.71 Å². The lowest BCUT2D eigenvalue weighted by molar-refractivity contribution is -0.141. The van der Waals surface area contributed by atoms with Crippen molar-refractivity contribution in [1.29, 1.82) is 0 Å². The van der Waals surface area contributed by atoms with Crippen LogP contribution in [0.25, 0.3) is 22.4 Å². The molecule has 2 aromatic carbocycles. The van der Waals surface area contributed by atoms with Gasteiger partial charge in [0.15, 0.2) is 11.0 Å². The van der Waals surface area contributed by atoms with Crippen molar-refractivity contribution < 1.29 is 21.8 Å². The van der Waals surface area contributed by atoms with Crippen LogP contribution in [-0.4, -0.2) is 19.2 Å². The molecule has 33 heavy (non-hydrogen) atoms. The van der Waals surface area contributed by atoms with E-state index in [4.69, 9.17) is 5.73 Å². The Morgan fingerprint density at radius 1 is 0.879 bits per heavy atom. The van der Waals surface area contributed by atoms with Crippen LogP contribution in [0.5, 0.6) is 0 Å². The van der Waals surface area contributed by atoms with Crippen molar-refractivity contribution in [2.24, 2.45) is 0 Å². The molecule has 0 aliphatic carbocycles. The van der Waals surface area contributed by atoms with Crippen molar-refractivity contribution in [3.05, 3.63) is 84.7 Å². The predicted molar refractivity (Wildman–Crippen MR) is 117 cm³/mol. The quantitative estimate of drug-likeness (QED) is 0.394. The fourth-order valence-corrected chi connectivity index (χ4v) is 4.05. The molecule has 0 amide bonds. The van der Waals surface area contributed by atoms with Gasteiger partial charge in [-0.05, 0) is 41.5 Å². The van der Waals surface area contributed by atoms with E-state index in [1.807, 2.05) is 0 Å². The van der Waals surface area contributed by atoms with Crippen molar-refractivity contribution in [2.75, 3.05) is 10.5 Å². The molecule has 0 aliphatic rings. The molecule has 1 unspecified atom stereocenters. The molecule has 0 saturated heterocycles. The zero-order chi connectivity index (χ0) is 23.6. The zero-order valence-corrected chi connectivity index (χ0v) is 17.5. The number of pyridine rings is 1. The standard InChI is InChI=1S/C22H15F4N5OS/c23-17-9-13(5-7-16(17)18-11-30-21(27)12-28-18)15-3-1-2-4-19(15)33(32)31-14-6-8-20(29-10-14)22(24,25)26/h1-12,31H,(H2,27,30). The predicted octanol–water partition coefficient (Wildman–Crippen LogP) is 5.08. The summed E-state index contributed by atoms with van der Waals surface area (Å²) in [6.45, 7) is 0. The second-order valence-electron chi connectivity index (χ2n) is 6.82. The maximum Gasteiger partial charge on any atom is 0.433 e. The van der Waals surface area contributed by atoms with E-state index in [0.29, 0.717) is 21.7 Å². The Bertz CT molecular complexity index is 1310. The summed E-state index contributed by atoms with van der Waals surface area (Å²) >= 11 is 0. The van der Waals surface area contributed by atoms with E-state index in [2.05, 4.69) is 19.7 Å². The van der Waals surface area contributed by atoms with Crippen LogP contribution in [0.15, 0.2) is 78.1 Å². The van der Waals surface area contributed by atoms with Gasteiger partial charge in [0.25, 0.3) is 0 Å². The van der Waals surface area contributed by atoms with Gasteiger partial charge in [0.05, 0.1) is 34.9 Å². The molecule has 0 saturated carbocycles. The lowest BCUT2D eigenvalue weighted by atomic mass is 10.0. The van der Waals surface area contributed by atoms with E-state index in [1.165, 1.54) is 24.5 Å². The van der Waals surface area contributed by atoms with Gasteiger partial charge in [0.2, 0.25) is 0 Å². The van der Waals surface area contributed by atoms with Crippen LogP contribution in [0.3, 0.4) is 0 Å². The number of hydrogen-bond acceptors (Lipinski definition) is 5. The summed E-state index contributed by atoms with van der Waals surface area (Å²) in [7, 11) is -1.85. The number of nitrogens with zero attached hydrogens (tertiary/aromatic N) is 3. The fraction of sp³-hybridized carbons (Fsp3) is 0.0455. The number of nitrogen functional groups attached to an aromatic ring is 1. The maximum atomic E-state index is 14.8. The molecule has 0 aliphatic heterocycles. The van der Waals surface area contributed by atoms with Crippen molar-refractivity contribution in [1.82, 2.24) is 15.0 Å². The molecule has 4 rings (SSSR count). The van der Waals surface area contributed by atoms with Crippen molar-refractivity contribution in [3.63, 3.8) is 0 Å². The van der Waals surface area contributed by atoms with E-state index in [9.17, 15) is 21.8 Å². The van der Waals surface area contributed by atoms with E-state index in [0.717, 1.165) is 18.3 Å². The molecular formula is C22H15F4N5OS. The molecule has 2 aromatic heterocycles. The summed E-state index contributed by atoms with van der Waals surface area (Å²) in [4.78, 5) is 11.6. The van der Waals surface area contributed by atoms with Gasteiger partial charge in [-0.15, -0.1) is 0 Å². The molecule has 2 heterocycles. The summed E-state index contributed by atoms with van der Waals surface area (Å²) in [5.41, 5.74) is 6.06. The summed E-state index contributed by atoms with van der Waals surface area (Å²) in [6, 6.07) is 13.0. The highest BCUT2D eigenvalue weighted by Gasteiger charge is 2.32. The molecule has 0 radical (unpaired) electrons. The lowest BCUT2D eigenvalue weighted by Crippen LogP contribution is -2.10. The Labute approximate surface area is 188 Å². The largest absolute Gasteiger partial charge is 0.433 e. The Morgan fingerprint density at radius 2 is 1.67 bits per heavy atom. The average molecular weight is 473 g/mol. The third-order valence-electron chi connectivity index (χ3n) is 4.58. The van der Waals surface area contributed by atoms with E-state index in [1.54, 1.807) is 30.3 Å². The minimum Gasteiger partial charge on any atom is -0.382 e. The van der Waals surface area contributed by atoms with Crippen molar-refractivity contribution >= 4 is 22.5 Å². The van der Waals surface area contributed by atoms with Crippen LogP contribution in [0, 0.1) is 5.82 Å². The Balaban J connectivity index is 1.61. The molecule has 168 valence electrons. The number of anilines is 2. The number of aromatic nitrogens is 3. The van der Waals surface area contributed by atoms with Crippen molar-refractivity contribution in [3.8, 4) is 22.4 Å². The van der Waals surface area contributed by atoms with Gasteiger partial charge in [-0.25, -0.2) is 18.6 Å². The van der Waals surface area contributed by atoms with Gasteiger partial charge in [0.1, 0.15) is 17.3 Å². The monoisotopic (exact) mass is 473 g/mol. The number of benzene rings is 2. The highest BCUT2D eigenvalue weighted by molar-refractivity contribution is 7.86. The number of hydrogen-bond donors (Lipinski definition) is 2. The normalized spacial score (nSPS) is 12.4. The number of alkyl halides is 3. The molecule has 0 spiro atoms. The van der Waals surface area contributed by atoms with E-state index in [-0.39, 0.29) is 17.1 Å². The van der Waals surface area contributed by atoms with Crippen molar-refractivity contribution in [2.45, 2.75) is 11.1 Å². The summed E-state index contributed by atoms with van der Waals surface area (Å²) in [6.07, 6.45) is -0.939. The minimum atomic E-state index is -4.57. The van der Waals surface area contributed by atoms with Crippen LogP contribution >= 0.6 is 0 Å². The summed E-state index contributed by atoms with van der Waals surface area (Å²) < 4.78 is 68.5. The van der Waals surface area contributed by atoms with Gasteiger partial charge in [-0.2, -0.15) is 13.2 Å². The topological polar surface area (TPSA) is 93.8 Å². The van der Waals surface area contributed by atoms with Crippen LogP contribution in [0.1, 0.15) is 5.69 Å². The van der Waals surface area contributed by atoms with E-state index >= 15 is 0 Å². The van der Waals surface area contributed by atoms with E-state index < -0.39 is 28.7 Å². The second kappa shape index (κ2) is 8.94. The molecule has 0 bridgehead atoms. The van der Waals surface area contributed by atoms with Crippen LogP contribution in [-0.2, 0) is 17.2 Å². The third kappa shape index (κ3) is 4.98. The summed E-state index contributed by atoms with van der Waals surface area (Å²) in [5.74, 6) is -0.352. The number of rotatable bonds is 5. The second-order valence-corrected chi connectivity index (χ2v) is 8.00. The molecule has 6 nitrogen and oxygen atoms in total. The molecule has 4 aromatic rings. The smallest absolute Gasteiger partial charge is 0.382 e. The first-order valence-corrected chi connectivity index (χ1v) is 10.6. The van der Waals surface area contributed by atoms with Crippen LogP contribution in [0.4, 0.5) is 29.1 Å².